The smallest absolute Gasteiger partial charge is 0.237 e. The maximum absolute atomic E-state index is 13.0. The summed E-state index contributed by atoms with van der Waals surface area (Å²) in [5.74, 6) is -0.127. The Bertz CT molecular complexity index is 1100. The van der Waals surface area contributed by atoms with Gasteiger partial charge in [0.2, 0.25) is 23.6 Å². The fraction of sp³-hybridized carbons (Fsp3) is 0.484. The first kappa shape index (κ1) is 28.3. The van der Waals surface area contributed by atoms with Gasteiger partial charge in [0, 0.05) is 25.9 Å². The number of carbonyl (C=O) groups is 4. The number of unbranched alkanes of at least 4 members (excludes halogenated alkanes) is 2. The molecule has 0 radical (unpaired) electrons. The lowest BCUT2D eigenvalue weighted by Crippen LogP contribution is -2.32. The average molecular weight is 535 g/mol. The summed E-state index contributed by atoms with van der Waals surface area (Å²) >= 11 is 0. The second kappa shape index (κ2) is 12.5. The number of hydrogen-bond acceptors (Lipinski definition) is 6. The van der Waals surface area contributed by atoms with Gasteiger partial charge in [-0.05, 0) is 82.3 Å². The lowest BCUT2D eigenvalue weighted by atomic mass is 9.97. The van der Waals surface area contributed by atoms with E-state index in [-0.39, 0.29) is 48.7 Å². The minimum absolute atomic E-state index is 0.0616. The molecule has 2 atom stereocenters. The van der Waals surface area contributed by atoms with Gasteiger partial charge in [0.1, 0.15) is 11.5 Å². The van der Waals surface area contributed by atoms with Crippen molar-refractivity contribution in [2.75, 3.05) is 13.1 Å². The summed E-state index contributed by atoms with van der Waals surface area (Å²) in [6.07, 6.45) is 2.42. The van der Waals surface area contributed by atoms with Crippen molar-refractivity contribution in [1.29, 1.82) is 0 Å². The van der Waals surface area contributed by atoms with Gasteiger partial charge in [0.05, 0.1) is 24.0 Å². The fourth-order valence-electron chi connectivity index (χ4n) is 5.18. The highest BCUT2D eigenvalue weighted by Crippen LogP contribution is 2.32. The maximum Gasteiger partial charge on any atom is 0.237 e. The van der Waals surface area contributed by atoms with E-state index in [1.165, 1.54) is 9.80 Å². The van der Waals surface area contributed by atoms with Crippen molar-refractivity contribution in [3.63, 3.8) is 0 Å². The molecule has 0 aromatic heterocycles. The second-order valence-corrected chi connectivity index (χ2v) is 10.8. The normalized spacial score (nSPS) is 19.6. The van der Waals surface area contributed by atoms with Crippen LogP contribution < -0.4 is 9.47 Å². The van der Waals surface area contributed by atoms with E-state index in [2.05, 4.69) is 0 Å². The standard InChI is InChI=1S/C31H38N2O6/c1-20(2)38-24-12-8-22(9-13-24)26-18-28(34)32(30(26)36)16-6-5-7-17-33-29(35)19-27(31(33)37)23-10-14-25(15-11-23)39-21(3)4/h8-15,20-21,26-27H,5-7,16-19H2,1-4H3. The first-order chi connectivity index (χ1) is 18.6. The largest absolute Gasteiger partial charge is 0.491 e. The Morgan fingerprint density at radius 3 is 1.31 bits per heavy atom. The molecule has 208 valence electrons. The lowest BCUT2D eigenvalue weighted by molar-refractivity contribution is -0.140. The Morgan fingerprint density at radius 2 is 0.974 bits per heavy atom. The van der Waals surface area contributed by atoms with Crippen molar-refractivity contribution >= 4 is 23.6 Å². The molecule has 2 fully saturated rings. The van der Waals surface area contributed by atoms with Crippen molar-refractivity contribution in [2.24, 2.45) is 0 Å². The van der Waals surface area contributed by atoms with Gasteiger partial charge in [-0.15, -0.1) is 0 Å². The zero-order valence-electron chi connectivity index (χ0n) is 23.2. The summed E-state index contributed by atoms with van der Waals surface area (Å²) in [4.78, 5) is 53.7. The molecule has 2 aromatic rings. The third kappa shape index (κ3) is 6.85. The van der Waals surface area contributed by atoms with Crippen LogP contribution in [0.5, 0.6) is 11.5 Å². The second-order valence-electron chi connectivity index (χ2n) is 10.8. The van der Waals surface area contributed by atoms with Crippen molar-refractivity contribution < 1.29 is 28.7 Å². The molecule has 2 heterocycles. The topological polar surface area (TPSA) is 93.2 Å². The zero-order chi connectivity index (χ0) is 28.1. The summed E-state index contributed by atoms with van der Waals surface area (Å²) in [5.41, 5.74) is 1.63. The number of carbonyl (C=O) groups excluding carboxylic acids is 4. The van der Waals surface area contributed by atoms with E-state index in [9.17, 15) is 19.2 Å². The molecule has 8 nitrogen and oxygen atoms in total. The van der Waals surface area contributed by atoms with Crippen LogP contribution in [0.1, 0.15) is 82.8 Å². The molecule has 0 aliphatic carbocycles. The van der Waals surface area contributed by atoms with Crippen LogP contribution in [0.15, 0.2) is 48.5 Å². The van der Waals surface area contributed by atoms with Crippen LogP contribution in [0.25, 0.3) is 0 Å². The van der Waals surface area contributed by atoms with E-state index in [0.29, 0.717) is 32.4 Å². The minimum atomic E-state index is -0.464. The number of likely N-dealkylation sites (tertiary alicyclic amines) is 2. The maximum atomic E-state index is 13.0. The number of benzene rings is 2. The molecule has 0 saturated carbocycles. The Morgan fingerprint density at radius 1 is 0.615 bits per heavy atom. The number of imide groups is 2. The molecular weight excluding hydrogens is 496 g/mol. The molecule has 8 heteroatoms. The molecule has 0 N–H and O–H groups in total. The Hall–Kier alpha value is -3.68. The Kier molecular flexibility index (Phi) is 9.04. The molecule has 2 aromatic carbocycles. The summed E-state index contributed by atoms with van der Waals surface area (Å²) in [6.45, 7) is 8.49. The molecule has 2 aliphatic rings. The van der Waals surface area contributed by atoms with Crippen LogP contribution in [-0.2, 0) is 19.2 Å². The van der Waals surface area contributed by atoms with Gasteiger partial charge in [-0.3, -0.25) is 29.0 Å². The Balaban J connectivity index is 1.22. The summed E-state index contributed by atoms with van der Waals surface area (Å²) in [6, 6.07) is 14.7. The van der Waals surface area contributed by atoms with Gasteiger partial charge in [0.15, 0.2) is 0 Å². The van der Waals surface area contributed by atoms with E-state index >= 15 is 0 Å². The van der Waals surface area contributed by atoms with Crippen LogP contribution in [0.4, 0.5) is 0 Å². The number of nitrogens with zero attached hydrogens (tertiary/aromatic N) is 2. The van der Waals surface area contributed by atoms with E-state index in [1.807, 2.05) is 76.2 Å². The first-order valence-electron chi connectivity index (χ1n) is 13.9. The first-order valence-corrected chi connectivity index (χ1v) is 13.9. The number of amides is 4. The van der Waals surface area contributed by atoms with E-state index < -0.39 is 11.8 Å². The van der Waals surface area contributed by atoms with Crippen molar-refractivity contribution in [2.45, 2.75) is 83.8 Å². The highest BCUT2D eigenvalue weighted by molar-refractivity contribution is 6.06. The summed E-state index contributed by atoms with van der Waals surface area (Å²) in [5, 5.41) is 0. The summed E-state index contributed by atoms with van der Waals surface area (Å²) < 4.78 is 11.3. The minimum Gasteiger partial charge on any atom is -0.491 e. The van der Waals surface area contributed by atoms with Gasteiger partial charge in [0.25, 0.3) is 0 Å². The van der Waals surface area contributed by atoms with Gasteiger partial charge >= 0.3 is 0 Å². The molecule has 39 heavy (non-hydrogen) atoms. The monoisotopic (exact) mass is 534 g/mol. The van der Waals surface area contributed by atoms with Gasteiger partial charge in [-0.25, -0.2) is 0 Å². The van der Waals surface area contributed by atoms with Crippen molar-refractivity contribution in [3.8, 4) is 11.5 Å². The van der Waals surface area contributed by atoms with E-state index in [4.69, 9.17) is 9.47 Å². The highest BCUT2D eigenvalue weighted by atomic mass is 16.5. The van der Waals surface area contributed by atoms with Crippen LogP contribution in [0.2, 0.25) is 0 Å². The van der Waals surface area contributed by atoms with Crippen molar-refractivity contribution in [3.05, 3.63) is 59.7 Å². The Labute approximate surface area is 230 Å². The molecule has 2 unspecified atom stereocenters. The predicted molar refractivity (Wildman–Crippen MR) is 146 cm³/mol. The number of rotatable bonds is 12. The van der Waals surface area contributed by atoms with E-state index in [1.54, 1.807) is 0 Å². The molecule has 2 saturated heterocycles. The predicted octanol–water partition coefficient (Wildman–Crippen LogP) is 4.82. The van der Waals surface area contributed by atoms with Crippen LogP contribution >= 0.6 is 0 Å². The third-order valence-electron chi connectivity index (χ3n) is 7.06. The molecule has 0 spiro atoms. The zero-order valence-corrected chi connectivity index (χ0v) is 23.2. The van der Waals surface area contributed by atoms with Crippen molar-refractivity contribution in [1.82, 2.24) is 9.80 Å². The number of ether oxygens (including phenoxy) is 2. The van der Waals surface area contributed by atoms with Crippen LogP contribution in [-0.4, -0.2) is 58.7 Å². The summed E-state index contributed by atoms with van der Waals surface area (Å²) in [7, 11) is 0. The molecular formula is C31H38N2O6. The quantitative estimate of drug-likeness (QED) is 0.286. The molecule has 0 bridgehead atoms. The van der Waals surface area contributed by atoms with Gasteiger partial charge in [-0.2, -0.15) is 0 Å². The fourth-order valence-corrected chi connectivity index (χ4v) is 5.18. The third-order valence-corrected chi connectivity index (χ3v) is 7.06. The highest BCUT2D eigenvalue weighted by Gasteiger charge is 2.40. The van der Waals surface area contributed by atoms with Gasteiger partial charge in [-0.1, -0.05) is 24.3 Å². The average Bonchev–Trinajstić information content (AvgIpc) is 3.33. The molecule has 4 rings (SSSR count). The molecule has 4 amide bonds. The van der Waals surface area contributed by atoms with Gasteiger partial charge < -0.3 is 9.47 Å². The molecule has 2 aliphatic heterocycles. The van der Waals surface area contributed by atoms with E-state index in [0.717, 1.165) is 22.6 Å². The lowest BCUT2D eigenvalue weighted by Gasteiger charge is -2.17. The number of hydrogen-bond donors (Lipinski definition) is 0. The van der Waals surface area contributed by atoms with Crippen LogP contribution in [0, 0.1) is 0 Å². The van der Waals surface area contributed by atoms with Crippen LogP contribution in [0.3, 0.4) is 0 Å². The SMILES string of the molecule is CC(C)Oc1ccc(C2CC(=O)N(CCCCCN3C(=O)CC(c4ccc(OC(C)C)cc4)C3=O)C2=O)cc1.